The van der Waals surface area contributed by atoms with Crippen LogP contribution in [0.5, 0.6) is 0 Å². The largest absolute Gasteiger partial charge is 0.462 e. The van der Waals surface area contributed by atoms with Gasteiger partial charge in [-0.3, -0.25) is 9.59 Å². The molecule has 0 fully saturated rings. The van der Waals surface area contributed by atoms with Gasteiger partial charge in [-0.25, -0.2) is 4.79 Å². The summed E-state index contributed by atoms with van der Waals surface area (Å²) in [5.41, 5.74) is 0.319. The van der Waals surface area contributed by atoms with Crippen molar-refractivity contribution in [1.82, 2.24) is 4.98 Å². The lowest BCUT2D eigenvalue weighted by atomic mass is 10.1. The number of carbonyl (C=O) groups excluding carboxylic acids is 2. The third-order valence-corrected chi connectivity index (χ3v) is 2.68. The molecule has 6 nitrogen and oxygen atoms in total. The van der Waals surface area contributed by atoms with Crippen LogP contribution in [-0.2, 0) is 4.74 Å². The maximum absolute atomic E-state index is 12.1. The Kier molecular flexibility index (Phi) is 4.50. The van der Waals surface area contributed by atoms with Crippen LogP contribution in [0, 0.1) is 0 Å². The number of aromatic amines is 1. The molecule has 0 aliphatic carbocycles. The molecule has 0 aliphatic rings. The van der Waals surface area contributed by atoms with Gasteiger partial charge in [0.15, 0.2) is 0 Å². The first kappa shape index (κ1) is 14.5. The van der Waals surface area contributed by atoms with Crippen LogP contribution >= 0.6 is 0 Å². The van der Waals surface area contributed by atoms with Gasteiger partial charge in [-0.1, -0.05) is 18.2 Å². The Labute approximate surface area is 120 Å². The molecule has 0 unspecified atom stereocenters. The van der Waals surface area contributed by atoms with Crippen LogP contribution in [0.25, 0.3) is 0 Å². The van der Waals surface area contributed by atoms with Gasteiger partial charge in [0.1, 0.15) is 5.69 Å². The van der Waals surface area contributed by atoms with Crippen molar-refractivity contribution in [3.05, 3.63) is 64.1 Å². The maximum Gasteiger partial charge on any atom is 0.340 e. The number of carbonyl (C=O) groups is 2. The Hall–Kier alpha value is -2.89. The summed E-state index contributed by atoms with van der Waals surface area (Å²) in [5.74, 6) is -1.03. The van der Waals surface area contributed by atoms with Crippen molar-refractivity contribution in [2.24, 2.45) is 0 Å². The minimum absolute atomic E-state index is 0.112. The number of anilines is 1. The van der Waals surface area contributed by atoms with E-state index in [4.69, 9.17) is 4.74 Å². The number of para-hydroxylation sites is 1. The summed E-state index contributed by atoms with van der Waals surface area (Å²) in [4.78, 5) is 37.5. The molecule has 2 N–H and O–H groups in total. The fourth-order valence-corrected chi connectivity index (χ4v) is 1.75. The Morgan fingerprint density at radius 2 is 1.90 bits per heavy atom. The highest BCUT2D eigenvalue weighted by Crippen LogP contribution is 2.16. The molecule has 0 atom stereocenters. The number of esters is 1. The number of rotatable bonds is 4. The van der Waals surface area contributed by atoms with Gasteiger partial charge in [0.25, 0.3) is 5.91 Å². The van der Waals surface area contributed by atoms with Crippen molar-refractivity contribution in [1.29, 1.82) is 0 Å². The van der Waals surface area contributed by atoms with E-state index in [2.05, 4.69) is 10.3 Å². The molecule has 1 amide bonds. The summed E-state index contributed by atoms with van der Waals surface area (Å²) in [7, 11) is 0. The Morgan fingerprint density at radius 3 is 2.62 bits per heavy atom. The molecule has 0 saturated carbocycles. The summed E-state index contributed by atoms with van der Waals surface area (Å²) in [6, 6.07) is 10.8. The van der Waals surface area contributed by atoms with Gasteiger partial charge in [0.05, 0.1) is 17.9 Å². The first-order valence-corrected chi connectivity index (χ1v) is 6.38. The zero-order chi connectivity index (χ0) is 15.2. The van der Waals surface area contributed by atoms with E-state index in [1.807, 2.05) is 0 Å². The third kappa shape index (κ3) is 3.56. The molecular formula is C15H14N2O4. The van der Waals surface area contributed by atoms with Crippen LogP contribution in [0.15, 0.2) is 47.3 Å². The number of aromatic nitrogens is 1. The predicted molar refractivity (Wildman–Crippen MR) is 77.4 cm³/mol. The highest BCUT2D eigenvalue weighted by molar-refractivity contribution is 6.07. The monoisotopic (exact) mass is 286 g/mol. The number of amides is 1. The second-order valence-electron chi connectivity index (χ2n) is 4.15. The number of hydrogen-bond donors (Lipinski definition) is 2. The molecular weight excluding hydrogens is 272 g/mol. The summed E-state index contributed by atoms with van der Waals surface area (Å²) in [6.07, 6.45) is 0. The van der Waals surface area contributed by atoms with Crippen molar-refractivity contribution in [2.75, 3.05) is 11.9 Å². The normalized spacial score (nSPS) is 9.95. The first-order valence-electron chi connectivity index (χ1n) is 6.38. The molecule has 2 rings (SSSR count). The van der Waals surface area contributed by atoms with E-state index in [0.717, 1.165) is 0 Å². The molecule has 0 bridgehead atoms. The van der Waals surface area contributed by atoms with E-state index >= 15 is 0 Å². The lowest BCUT2D eigenvalue weighted by molar-refractivity contribution is 0.0527. The molecule has 1 aromatic heterocycles. The number of benzene rings is 1. The zero-order valence-corrected chi connectivity index (χ0v) is 11.4. The summed E-state index contributed by atoms with van der Waals surface area (Å²) in [6.45, 7) is 1.95. The van der Waals surface area contributed by atoms with Gasteiger partial charge in [-0.05, 0) is 25.1 Å². The van der Waals surface area contributed by atoms with Gasteiger partial charge in [-0.15, -0.1) is 0 Å². The van der Waals surface area contributed by atoms with Gasteiger partial charge in [-0.2, -0.15) is 0 Å². The first-order chi connectivity index (χ1) is 10.1. The predicted octanol–water partition coefficient (Wildman–Crippen LogP) is 1.80. The number of nitrogens with one attached hydrogen (secondary N) is 2. The topological polar surface area (TPSA) is 88.3 Å². The lowest BCUT2D eigenvalue weighted by Crippen LogP contribution is -2.19. The lowest BCUT2D eigenvalue weighted by Gasteiger charge is -2.10. The summed E-state index contributed by atoms with van der Waals surface area (Å²) in [5, 5.41) is 2.58. The molecule has 21 heavy (non-hydrogen) atoms. The van der Waals surface area contributed by atoms with E-state index in [-0.39, 0.29) is 23.4 Å². The molecule has 0 spiro atoms. The van der Waals surface area contributed by atoms with E-state index in [9.17, 15) is 14.4 Å². The Bertz CT molecular complexity index is 721. The summed E-state index contributed by atoms with van der Waals surface area (Å²) >= 11 is 0. The third-order valence-electron chi connectivity index (χ3n) is 2.68. The second kappa shape index (κ2) is 6.51. The van der Waals surface area contributed by atoms with Gasteiger partial charge in [0.2, 0.25) is 5.56 Å². The Morgan fingerprint density at radius 1 is 1.14 bits per heavy atom. The van der Waals surface area contributed by atoms with Crippen LogP contribution in [-0.4, -0.2) is 23.5 Å². The van der Waals surface area contributed by atoms with Crippen molar-refractivity contribution < 1.29 is 14.3 Å². The minimum atomic E-state index is -0.519. The van der Waals surface area contributed by atoms with Crippen molar-refractivity contribution >= 4 is 17.6 Å². The average Bonchev–Trinajstić information content (AvgIpc) is 2.48. The fourth-order valence-electron chi connectivity index (χ4n) is 1.75. The minimum Gasteiger partial charge on any atom is -0.462 e. The SMILES string of the molecule is CCOC(=O)c1ccccc1NC(=O)c1cccc(=O)[nH]1. The van der Waals surface area contributed by atoms with E-state index < -0.39 is 11.9 Å². The second-order valence-corrected chi connectivity index (χ2v) is 4.15. The van der Waals surface area contributed by atoms with Crippen molar-refractivity contribution in [3.8, 4) is 0 Å². The van der Waals surface area contributed by atoms with Crippen LogP contribution in [0.2, 0.25) is 0 Å². The molecule has 2 aromatic rings. The summed E-state index contributed by atoms with van der Waals surface area (Å²) < 4.78 is 4.93. The quantitative estimate of drug-likeness (QED) is 0.839. The molecule has 1 aromatic carbocycles. The molecule has 108 valence electrons. The Balaban J connectivity index is 2.25. The van der Waals surface area contributed by atoms with Gasteiger partial charge >= 0.3 is 5.97 Å². The molecule has 0 saturated heterocycles. The van der Waals surface area contributed by atoms with Crippen LogP contribution in [0.4, 0.5) is 5.69 Å². The average molecular weight is 286 g/mol. The molecule has 0 aliphatic heterocycles. The van der Waals surface area contributed by atoms with Crippen LogP contribution < -0.4 is 10.9 Å². The molecule has 6 heteroatoms. The number of hydrogen-bond acceptors (Lipinski definition) is 4. The molecule has 0 radical (unpaired) electrons. The van der Waals surface area contributed by atoms with E-state index in [0.29, 0.717) is 5.69 Å². The molecule has 1 heterocycles. The van der Waals surface area contributed by atoms with Crippen molar-refractivity contribution in [2.45, 2.75) is 6.92 Å². The van der Waals surface area contributed by atoms with Gasteiger partial charge in [0, 0.05) is 6.07 Å². The zero-order valence-electron chi connectivity index (χ0n) is 11.4. The number of H-pyrrole nitrogens is 1. The smallest absolute Gasteiger partial charge is 0.340 e. The highest BCUT2D eigenvalue weighted by atomic mass is 16.5. The van der Waals surface area contributed by atoms with Crippen LogP contribution in [0.1, 0.15) is 27.8 Å². The number of pyridine rings is 1. The standard InChI is InChI=1S/C15H14N2O4/c1-2-21-15(20)10-6-3-4-7-11(10)17-14(19)12-8-5-9-13(18)16-12/h3-9H,2H2,1H3,(H,16,18)(H,17,19). The fraction of sp³-hybridized carbons (Fsp3) is 0.133. The van der Waals surface area contributed by atoms with E-state index in [1.54, 1.807) is 31.2 Å². The maximum atomic E-state index is 12.1. The van der Waals surface area contributed by atoms with Gasteiger partial charge < -0.3 is 15.0 Å². The highest BCUT2D eigenvalue weighted by Gasteiger charge is 2.15. The number of ether oxygens (including phenoxy) is 1. The van der Waals surface area contributed by atoms with E-state index in [1.165, 1.54) is 18.2 Å². The van der Waals surface area contributed by atoms with Crippen molar-refractivity contribution in [3.63, 3.8) is 0 Å². The van der Waals surface area contributed by atoms with Crippen LogP contribution in [0.3, 0.4) is 0 Å².